The summed E-state index contributed by atoms with van der Waals surface area (Å²) in [6, 6.07) is 17.1. The van der Waals surface area contributed by atoms with Crippen LogP contribution in [0.5, 0.6) is 0 Å². The number of benzene rings is 3. The molecule has 1 fully saturated rings. The Bertz CT molecular complexity index is 1780. The van der Waals surface area contributed by atoms with Crippen molar-refractivity contribution in [2.75, 3.05) is 7.05 Å². The number of ketones is 1. The van der Waals surface area contributed by atoms with Crippen LogP contribution in [0.4, 0.5) is 30.7 Å². The lowest BCUT2D eigenvalue weighted by atomic mass is 9.89. The Hall–Kier alpha value is -4.01. The molecule has 1 aliphatic rings. The maximum Gasteiger partial charge on any atom is 0.490 e. The van der Waals surface area contributed by atoms with Crippen LogP contribution in [0.1, 0.15) is 51.3 Å². The zero-order chi connectivity index (χ0) is 35.4. The van der Waals surface area contributed by atoms with E-state index in [1.165, 1.54) is 35.6 Å². The van der Waals surface area contributed by atoms with Gasteiger partial charge in [0.15, 0.2) is 0 Å². The fourth-order valence-electron chi connectivity index (χ4n) is 5.36. The van der Waals surface area contributed by atoms with Crippen molar-refractivity contribution in [3.63, 3.8) is 0 Å². The second kappa shape index (κ2) is 15.0. The number of Topliss-reactive ketones (excluding diaryl/α,β-unsaturated/α-hetero) is 1. The molecule has 1 amide bonds. The normalized spacial score (nSPS) is 16.6. The lowest BCUT2D eigenvalue weighted by Crippen LogP contribution is -2.44. The van der Waals surface area contributed by atoms with E-state index >= 15 is 4.39 Å². The molecule has 256 valence electrons. The predicted molar refractivity (Wildman–Crippen MR) is 168 cm³/mol. The Morgan fingerprint density at radius 3 is 2.02 bits per heavy atom. The van der Waals surface area contributed by atoms with Crippen molar-refractivity contribution in [2.45, 2.75) is 56.7 Å². The number of thiophene rings is 1. The number of nitrogens with zero attached hydrogens (tertiary/aromatic N) is 1. The zero-order valence-electron chi connectivity index (χ0n) is 25.1. The van der Waals surface area contributed by atoms with Gasteiger partial charge in [0, 0.05) is 39.8 Å². The van der Waals surface area contributed by atoms with E-state index in [-0.39, 0.29) is 24.1 Å². The largest absolute Gasteiger partial charge is 0.490 e. The van der Waals surface area contributed by atoms with Gasteiger partial charge < -0.3 is 15.3 Å². The topological polar surface area (TPSA) is 86.7 Å². The maximum absolute atomic E-state index is 15.2. The lowest BCUT2D eigenvalue weighted by molar-refractivity contribution is -0.192. The summed E-state index contributed by atoms with van der Waals surface area (Å²) < 4.78 is 86.3. The summed E-state index contributed by atoms with van der Waals surface area (Å²) in [4.78, 5) is 36.6. The minimum atomic E-state index is -5.08. The van der Waals surface area contributed by atoms with E-state index in [1.807, 2.05) is 31.3 Å². The van der Waals surface area contributed by atoms with E-state index in [2.05, 4.69) is 5.32 Å². The number of nitrogens with one attached hydrogen (secondary N) is 1. The fraction of sp³-hybridized carbons (Fsp3) is 0.303. The van der Waals surface area contributed by atoms with Crippen molar-refractivity contribution in [1.29, 1.82) is 0 Å². The molecule has 48 heavy (non-hydrogen) atoms. The van der Waals surface area contributed by atoms with Crippen molar-refractivity contribution in [3.8, 4) is 11.1 Å². The smallest absolute Gasteiger partial charge is 0.475 e. The molecular formula is C33H28ClF7N2O4S. The first kappa shape index (κ1) is 36.8. The number of carbonyl (C=O) groups is 3. The molecular weight excluding hydrogens is 689 g/mol. The highest BCUT2D eigenvalue weighted by Gasteiger charge is 2.39. The first-order chi connectivity index (χ1) is 22.5. The Morgan fingerprint density at radius 1 is 0.896 bits per heavy atom. The van der Waals surface area contributed by atoms with Gasteiger partial charge in [-0.1, -0.05) is 60.1 Å². The average molecular weight is 717 g/mol. The molecule has 1 heterocycles. The molecule has 0 atom stereocenters. The van der Waals surface area contributed by atoms with Crippen LogP contribution in [-0.2, 0) is 11.3 Å². The molecule has 1 aromatic heterocycles. The van der Waals surface area contributed by atoms with Crippen LogP contribution in [0.15, 0.2) is 66.7 Å². The molecule has 1 saturated carbocycles. The molecule has 0 aliphatic heterocycles. The molecule has 3 aromatic carbocycles. The third-order valence-electron chi connectivity index (χ3n) is 7.90. The van der Waals surface area contributed by atoms with Gasteiger partial charge in [0.25, 0.3) is 11.7 Å². The average Bonchev–Trinajstić information content (AvgIpc) is 3.39. The number of fused-ring (bicyclic) bond motifs is 1. The monoisotopic (exact) mass is 716 g/mol. The third kappa shape index (κ3) is 8.71. The van der Waals surface area contributed by atoms with E-state index in [0.29, 0.717) is 27.1 Å². The van der Waals surface area contributed by atoms with Crippen molar-refractivity contribution >= 4 is 50.7 Å². The molecule has 0 unspecified atom stereocenters. The molecule has 4 aromatic rings. The fourth-order valence-corrected chi connectivity index (χ4v) is 6.83. The summed E-state index contributed by atoms with van der Waals surface area (Å²) in [7, 11) is 1.91. The molecule has 1 aliphatic carbocycles. The van der Waals surface area contributed by atoms with E-state index in [9.17, 15) is 35.9 Å². The molecule has 0 spiro atoms. The van der Waals surface area contributed by atoms with Gasteiger partial charge in [-0.3, -0.25) is 9.59 Å². The van der Waals surface area contributed by atoms with Gasteiger partial charge in [-0.25, -0.2) is 9.18 Å². The van der Waals surface area contributed by atoms with Gasteiger partial charge in [0.1, 0.15) is 10.7 Å². The number of halogens is 8. The van der Waals surface area contributed by atoms with Crippen molar-refractivity contribution < 1.29 is 50.2 Å². The van der Waals surface area contributed by atoms with E-state index in [4.69, 9.17) is 21.5 Å². The van der Waals surface area contributed by atoms with E-state index in [0.717, 1.165) is 47.9 Å². The van der Waals surface area contributed by atoms with Crippen LogP contribution in [0.3, 0.4) is 0 Å². The van der Waals surface area contributed by atoms with Gasteiger partial charge in [-0.05, 0) is 62.1 Å². The Kier molecular flexibility index (Phi) is 11.5. The van der Waals surface area contributed by atoms with Gasteiger partial charge in [0.05, 0.1) is 5.02 Å². The third-order valence-corrected chi connectivity index (χ3v) is 9.57. The number of aliphatic carboxylic acids is 1. The number of carbonyl (C=O) groups excluding carboxylic acids is 2. The highest BCUT2D eigenvalue weighted by molar-refractivity contribution is 7.21. The quantitative estimate of drug-likeness (QED) is 0.147. The standard InChI is InChI=1S/C31H27ClF4N2O2S.C2HF3O2/c1-37-22-11-13-23(14-12-22)38(30(40)28-27(32)24-4-2-3-5-26(24)41-28)17-21-16-20(10-15-25(21)33)18-6-8-19(9-7-18)29(39)31(34,35)36;3-2(4,5)1(6)7/h2-10,15-16,22-23,37H,11-14,17H2,1H3;(H,6,7). The van der Waals surface area contributed by atoms with E-state index in [1.54, 1.807) is 11.0 Å². The van der Waals surface area contributed by atoms with Crippen LogP contribution < -0.4 is 5.32 Å². The van der Waals surface area contributed by atoms with Gasteiger partial charge >= 0.3 is 18.3 Å². The van der Waals surface area contributed by atoms with Crippen molar-refractivity contribution in [1.82, 2.24) is 10.2 Å². The van der Waals surface area contributed by atoms with Crippen LogP contribution in [-0.4, -0.2) is 59.2 Å². The number of rotatable bonds is 7. The number of alkyl halides is 6. The van der Waals surface area contributed by atoms with Crippen molar-refractivity contribution in [2.24, 2.45) is 0 Å². The maximum atomic E-state index is 15.2. The highest BCUT2D eigenvalue weighted by atomic mass is 35.5. The van der Waals surface area contributed by atoms with Crippen molar-refractivity contribution in [3.05, 3.63) is 93.6 Å². The molecule has 5 rings (SSSR count). The van der Waals surface area contributed by atoms with Crippen LogP contribution in [0, 0.1) is 5.82 Å². The summed E-state index contributed by atoms with van der Waals surface area (Å²) in [6.07, 6.45) is -6.82. The molecule has 6 nitrogen and oxygen atoms in total. The van der Waals surface area contributed by atoms with Crippen LogP contribution in [0.2, 0.25) is 5.02 Å². The predicted octanol–water partition coefficient (Wildman–Crippen LogP) is 8.91. The van der Waals surface area contributed by atoms with E-state index < -0.39 is 35.5 Å². The van der Waals surface area contributed by atoms with Crippen LogP contribution >= 0.6 is 22.9 Å². The first-order valence-electron chi connectivity index (χ1n) is 14.5. The van der Waals surface area contributed by atoms with Gasteiger partial charge in [-0.2, -0.15) is 26.3 Å². The van der Waals surface area contributed by atoms with Crippen LogP contribution in [0.25, 0.3) is 21.2 Å². The summed E-state index contributed by atoms with van der Waals surface area (Å²) in [5.41, 5.74) is 0.875. The number of carboxylic acid groups (broad SMARTS) is 1. The van der Waals surface area contributed by atoms with Gasteiger partial charge in [0.2, 0.25) is 0 Å². The Labute approximate surface area is 279 Å². The molecule has 15 heteroatoms. The number of hydrogen-bond donors (Lipinski definition) is 2. The Balaban J connectivity index is 0.000000671. The summed E-state index contributed by atoms with van der Waals surface area (Å²) in [5.74, 6) is -5.44. The highest BCUT2D eigenvalue weighted by Crippen LogP contribution is 2.38. The summed E-state index contributed by atoms with van der Waals surface area (Å²) >= 11 is 7.98. The molecule has 0 saturated heterocycles. The Morgan fingerprint density at radius 2 is 1.48 bits per heavy atom. The second-order valence-electron chi connectivity index (χ2n) is 11.0. The minimum Gasteiger partial charge on any atom is -0.475 e. The SMILES string of the molecule is CNC1CCC(N(Cc2cc(-c3ccc(C(=O)C(F)(F)F)cc3)ccc2F)C(=O)c2sc3ccccc3c2Cl)CC1.O=C(O)C(F)(F)F. The van der Waals surface area contributed by atoms with Gasteiger partial charge in [-0.15, -0.1) is 11.3 Å². The molecule has 0 bridgehead atoms. The number of carboxylic acids is 1. The summed E-state index contributed by atoms with van der Waals surface area (Å²) in [5, 5.41) is 11.6. The second-order valence-corrected chi connectivity index (χ2v) is 12.4. The first-order valence-corrected chi connectivity index (χ1v) is 15.7. The zero-order valence-corrected chi connectivity index (χ0v) is 26.7. The number of hydrogen-bond acceptors (Lipinski definition) is 5. The lowest BCUT2D eigenvalue weighted by Gasteiger charge is -2.37. The molecule has 2 N–H and O–H groups in total. The summed E-state index contributed by atoms with van der Waals surface area (Å²) in [6.45, 7) is 0.00259. The number of amides is 1. The minimum absolute atomic E-state index is 0.00259. The molecule has 0 radical (unpaired) electrons.